The van der Waals surface area contributed by atoms with E-state index in [-0.39, 0.29) is 31.0 Å². The van der Waals surface area contributed by atoms with Crippen molar-refractivity contribution in [2.45, 2.75) is 58.4 Å². The van der Waals surface area contributed by atoms with Crippen LogP contribution in [0.15, 0.2) is 18.2 Å². The monoisotopic (exact) mass is 625 g/mol. The zero-order valence-electron chi connectivity index (χ0n) is 22.1. The molecule has 1 aliphatic rings. The highest BCUT2D eigenvalue weighted by molar-refractivity contribution is 14.1. The maximum absolute atomic E-state index is 12.5. The Balaban J connectivity index is 1.67. The van der Waals surface area contributed by atoms with Crippen LogP contribution in [0.5, 0.6) is 5.75 Å². The average Bonchev–Trinajstić information content (AvgIpc) is 2.89. The summed E-state index contributed by atoms with van der Waals surface area (Å²) in [6.07, 6.45) is 4.61. The minimum Gasteiger partial charge on any atom is -0.496 e. The van der Waals surface area contributed by atoms with Crippen molar-refractivity contribution >= 4 is 40.3 Å². The van der Waals surface area contributed by atoms with Gasteiger partial charge in [-0.1, -0.05) is 48.1 Å². The second-order valence-corrected chi connectivity index (χ2v) is 10.4. The number of nitrogens with two attached hydrogens (primary N) is 1. The lowest BCUT2D eigenvalue weighted by atomic mass is 9.98. The summed E-state index contributed by atoms with van der Waals surface area (Å²) >= 11 is 2.39. The summed E-state index contributed by atoms with van der Waals surface area (Å²) in [6, 6.07) is 5.68. The number of esters is 1. The van der Waals surface area contributed by atoms with Gasteiger partial charge in [0.05, 0.1) is 37.3 Å². The Morgan fingerprint density at radius 3 is 2.73 bits per heavy atom. The number of ether oxygens (including phenoxy) is 2. The zero-order chi connectivity index (χ0) is 26.8. The molecule has 0 saturated carbocycles. The van der Waals surface area contributed by atoms with Gasteiger partial charge >= 0.3 is 5.97 Å². The van der Waals surface area contributed by atoms with Crippen LogP contribution in [-0.2, 0) is 22.4 Å². The Morgan fingerprint density at radius 2 is 2.08 bits per heavy atom. The number of aliphatic hydroxyl groups excluding tert-OH is 1. The van der Waals surface area contributed by atoms with Gasteiger partial charge in [-0.3, -0.25) is 9.69 Å². The number of aliphatic hydroxyl groups is 1. The molecule has 0 bridgehead atoms. The molecule has 1 atom stereocenters. The molecule has 1 unspecified atom stereocenters. The van der Waals surface area contributed by atoms with Crippen LogP contribution in [0.1, 0.15) is 55.0 Å². The largest absolute Gasteiger partial charge is 0.496 e. The fraction of sp³-hybridized carbons (Fsp3) is 0.593. The van der Waals surface area contributed by atoms with E-state index in [2.05, 4.69) is 49.7 Å². The standard InChI is InChI=1S/C27H40IN5O4/c1-4-5-22(15-34)31-26-23(18(2)30-27(29)32-26)14-21-7-6-20(12-24(21)36-3)13-25(35)37-16-19-8-10-33(17-28)11-9-19/h6-7,12,19,22,34H,4-5,8-11,13-17H2,1-3H3,(H3,29,30,31,32). The van der Waals surface area contributed by atoms with E-state index in [1.165, 1.54) is 0 Å². The molecule has 0 aliphatic carbocycles. The topological polar surface area (TPSA) is 123 Å². The fourth-order valence-electron chi connectivity index (χ4n) is 4.64. The number of piperidine rings is 1. The van der Waals surface area contributed by atoms with Crippen molar-refractivity contribution in [1.82, 2.24) is 14.9 Å². The number of likely N-dealkylation sites (tertiary alicyclic amines) is 1. The second-order valence-electron chi connectivity index (χ2n) is 9.67. The van der Waals surface area contributed by atoms with E-state index < -0.39 is 0 Å². The van der Waals surface area contributed by atoms with Crippen LogP contribution in [0.3, 0.4) is 0 Å². The molecule has 204 valence electrons. The normalized spacial score (nSPS) is 15.4. The van der Waals surface area contributed by atoms with Crippen LogP contribution in [0.25, 0.3) is 0 Å². The third kappa shape index (κ3) is 8.68. The smallest absolute Gasteiger partial charge is 0.310 e. The molecule has 9 nitrogen and oxygen atoms in total. The van der Waals surface area contributed by atoms with Gasteiger partial charge in [-0.2, -0.15) is 4.98 Å². The molecule has 4 N–H and O–H groups in total. The number of rotatable bonds is 13. The molecule has 3 rings (SSSR count). The first-order chi connectivity index (χ1) is 17.9. The van der Waals surface area contributed by atoms with Gasteiger partial charge < -0.3 is 25.6 Å². The number of anilines is 2. The molecule has 2 aromatic rings. The van der Waals surface area contributed by atoms with Crippen molar-refractivity contribution in [2.24, 2.45) is 5.92 Å². The van der Waals surface area contributed by atoms with Crippen molar-refractivity contribution in [3.8, 4) is 5.75 Å². The van der Waals surface area contributed by atoms with Crippen LogP contribution >= 0.6 is 22.6 Å². The predicted molar refractivity (Wildman–Crippen MR) is 154 cm³/mol. The quantitative estimate of drug-likeness (QED) is 0.132. The van der Waals surface area contributed by atoms with Crippen LogP contribution < -0.4 is 15.8 Å². The van der Waals surface area contributed by atoms with Crippen LogP contribution in [0.4, 0.5) is 11.8 Å². The summed E-state index contributed by atoms with van der Waals surface area (Å²) in [7, 11) is 1.62. The number of aromatic nitrogens is 2. The molecule has 1 saturated heterocycles. The van der Waals surface area contributed by atoms with Crippen molar-refractivity contribution in [3.63, 3.8) is 0 Å². The lowest BCUT2D eigenvalue weighted by molar-refractivity contribution is -0.144. The van der Waals surface area contributed by atoms with Crippen LogP contribution in [0.2, 0.25) is 0 Å². The zero-order valence-corrected chi connectivity index (χ0v) is 24.3. The lowest BCUT2D eigenvalue weighted by Gasteiger charge is -2.30. The van der Waals surface area contributed by atoms with E-state index in [9.17, 15) is 9.90 Å². The third-order valence-electron chi connectivity index (χ3n) is 6.85. The van der Waals surface area contributed by atoms with Crippen LogP contribution in [0, 0.1) is 12.8 Å². The number of benzene rings is 1. The number of carbonyl (C=O) groups is 1. The molecule has 0 spiro atoms. The highest BCUT2D eigenvalue weighted by Gasteiger charge is 2.21. The number of nitrogens with one attached hydrogen (secondary N) is 1. The van der Waals surface area contributed by atoms with Gasteiger partial charge in [0.1, 0.15) is 11.6 Å². The lowest BCUT2D eigenvalue weighted by Crippen LogP contribution is -2.34. The molecular formula is C27H40IN5O4. The molecule has 10 heteroatoms. The summed E-state index contributed by atoms with van der Waals surface area (Å²) in [5, 5.41) is 13.1. The molecule has 2 heterocycles. The average molecular weight is 626 g/mol. The van der Waals surface area contributed by atoms with Gasteiger partial charge in [0.15, 0.2) is 0 Å². The summed E-state index contributed by atoms with van der Waals surface area (Å²) in [5.41, 5.74) is 9.37. The molecular weight excluding hydrogens is 585 g/mol. The number of hydrogen-bond donors (Lipinski definition) is 3. The van der Waals surface area contributed by atoms with E-state index in [1.54, 1.807) is 7.11 Å². The number of alkyl halides is 1. The third-order valence-corrected chi connectivity index (χ3v) is 7.82. The number of halogens is 1. The Labute approximate surface area is 233 Å². The van der Waals surface area contributed by atoms with E-state index in [0.717, 1.165) is 65.7 Å². The van der Waals surface area contributed by atoms with Crippen molar-refractivity contribution in [2.75, 3.05) is 49.0 Å². The minimum atomic E-state index is -0.216. The molecule has 1 aliphatic heterocycles. The Kier molecular flexibility index (Phi) is 11.7. The summed E-state index contributed by atoms with van der Waals surface area (Å²) < 4.78 is 12.3. The summed E-state index contributed by atoms with van der Waals surface area (Å²) in [6.45, 7) is 6.60. The first-order valence-corrected chi connectivity index (χ1v) is 14.5. The highest BCUT2D eigenvalue weighted by atomic mass is 127. The minimum absolute atomic E-state index is 0.00197. The number of hydrogen-bond acceptors (Lipinski definition) is 9. The van der Waals surface area contributed by atoms with Gasteiger partial charge in [-0.25, -0.2) is 4.98 Å². The molecule has 1 aromatic heterocycles. The number of nitrogens with zero attached hydrogens (tertiary/aromatic N) is 3. The Bertz CT molecular complexity index is 1030. The maximum Gasteiger partial charge on any atom is 0.310 e. The van der Waals surface area contributed by atoms with Crippen molar-refractivity contribution in [1.29, 1.82) is 0 Å². The van der Waals surface area contributed by atoms with Gasteiger partial charge in [0.2, 0.25) is 5.95 Å². The van der Waals surface area contributed by atoms with E-state index in [4.69, 9.17) is 15.2 Å². The predicted octanol–water partition coefficient (Wildman–Crippen LogP) is 3.73. The van der Waals surface area contributed by atoms with E-state index >= 15 is 0 Å². The fourth-order valence-corrected chi connectivity index (χ4v) is 5.32. The molecule has 0 radical (unpaired) electrons. The van der Waals surface area contributed by atoms with Gasteiger partial charge in [-0.05, 0) is 62.4 Å². The highest BCUT2D eigenvalue weighted by Crippen LogP contribution is 2.28. The van der Waals surface area contributed by atoms with Gasteiger partial charge in [0.25, 0.3) is 0 Å². The van der Waals surface area contributed by atoms with Crippen molar-refractivity contribution < 1.29 is 19.4 Å². The van der Waals surface area contributed by atoms with E-state index in [0.29, 0.717) is 30.5 Å². The Morgan fingerprint density at radius 1 is 1.32 bits per heavy atom. The van der Waals surface area contributed by atoms with Crippen molar-refractivity contribution in [3.05, 3.63) is 40.6 Å². The molecule has 1 aromatic carbocycles. The van der Waals surface area contributed by atoms with Gasteiger partial charge in [0, 0.05) is 17.7 Å². The maximum atomic E-state index is 12.5. The number of nitrogen functional groups attached to an aromatic ring is 1. The van der Waals surface area contributed by atoms with Crippen LogP contribution in [-0.4, -0.2) is 70.0 Å². The first kappa shape index (κ1) is 29.4. The molecule has 37 heavy (non-hydrogen) atoms. The SMILES string of the molecule is CCCC(CO)Nc1nc(N)nc(C)c1Cc1ccc(CC(=O)OCC2CCN(CI)CC2)cc1OC. The number of aryl methyl sites for hydroxylation is 1. The molecule has 0 amide bonds. The van der Waals surface area contributed by atoms with E-state index in [1.807, 2.05) is 25.1 Å². The molecule has 1 fully saturated rings. The number of methoxy groups -OCH3 is 1. The Hall–Kier alpha value is -2.18. The first-order valence-electron chi connectivity index (χ1n) is 13.0. The van der Waals surface area contributed by atoms with Gasteiger partial charge in [-0.15, -0.1) is 0 Å². The summed E-state index contributed by atoms with van der Waals surface area (Å²) in [4.78, 5) is 23.7. The number of carbonyl (C=O) groups excluding carboxylic acids is 1. The second kappa shape index (κ2) is 14.7. The summed E-state index contributed by atoms with van der Waals surface area (Å²) in [5.74, 6) is 1.72.